The topological polar surface area (TPSA) is 76.0 Å². The largest absolute Gasteiger partial charge is 0.304 e. The third kappa shape index (κ3) is 4.89. The van der Waals surface area contributed by atoms with Gasteiger partial charge < -0.3 is 5.32 Å². The van der Waals surface area contributed by atoms with E-state index >= 15 is 0 Å². The highest BCUT2D eigenvalue weighted by molar-refractivity contribution is 7.89. The van der Waals surface area contributed by atoms with Crippen LogP contribution in [0.25, 0.3) is 0 Å². The summed E-state index contributed by atoms with van der Waals surface area (Å²) in [5.74, 6) is 0. The van der Waals surface area contributed by atoms with E-state index in [0.29, 0.717) is 0 Å². The summed E-state index contributed by atoms with van der Waals surface area (Å²) >= 11 is 0. The van der Waals surface area contributed by atoms with Gasteiger partial charge in [0.05, 0.1) is 6.20 Å². The van der Waals surface area contributed by atoms with Crippen LogP contribution in [-0.4, -0.2) is 30.3 Å². The first kappa shape index (κ1) is 17.7. The molecule has 0 fully saturated rings. The van der Waals surface area contributed by atoms with E-state index in [-0.39, 0.29) is 17.5 Å². The summed E-state index contributed by atoms with van der Waals surface area (Å²) in [6, 6.07) is 10.2. The first-order valence-electron chi connectivity index (χ1n) is 7.51. The van der Waals surface area contributed by atoms with Gasteiger partial charge in [0.15, 0.2) is 0 Å². The summed E-state index contributed by atoms with van der Waals surface area (Å²) in [6.45, 7) is 6.28. The van der Waals surface area contributed by atoms with E-state index in [4.69, 9.17) is 0 Å². The van der Waals surface area contributed by atoms with Gasteiger partial charge in [-0.05, 0) is 26.3 Å². The molecule has 0 bridgehead atoms. The number of rotatable bonds is 7. The molecule has 1 aromatic carbocycles. The molecule has 23 heavy (non-hydrogen) atoms. The second kappa shape index (κ2) is 6.82. The van der Waals surface area contributed by atoms with Gasteiger partial charge in [-0.15, -0.1) is 0 Å². The van der Waals surface area contributed by atoms with Crippen molar-refractivity contribution in [2.24, 2.45) is 7.05 Å². The number of sulfonamides is 1. The Morgan fingerprint density at radius 1 is 1.26 bits per heavy atom. The Morgan fingerprint density at radius 3 is 2.48 bits per heavy atom. The van der Waals surface area contributed by atoms with Gasteiger partial charge in [-0.1, -0.05) is 30.3 Å². The Morgan fingerprint density at radius 2 is 1.91 bits per heavy atom. The Labute approximate surface area is 138 Å². The molecule has 2 rings (SSSR count). The quantitative estimate of drug-likeness (QED) is 0.809. The number of nitrogens with zero attached hydrogens (tertiary/aromatic N) is 2. The average Bonchev–Trinajstić information content (AvgIpc) is 2.93. The number of aromatic nitrogens is 2. The van der Waals surface area contributed by atoms with Crippen molar-refractivity contribution in [3.05, 3.63) is 48.3 Å². The van der Waals surface area contributed by atoms with Crippen LogP contribution in [0.1, 0.15) is 32.4 Å². The predicted octanol–water partition coefficient (Wildman–Crippen LogP) is 1.83. The lowest BCUT2D eigenvalue weighted by molar-refractivity contribution is 0.346. The van der Waals surface area contributed by atoms with Crippen LogP contribution < -0.4 is 10.0 Å². The van der Waals surface area contributed by atoms with Crippen molar-refractivity contribution in [2.75, 3.05) is 6.54 Å². The van der Waals surface area contributed by atoms with Crippen molar-refractivity contribution < 1.29 is 8.42 Å². The van der Waals surface area contributed by atoms with Crippen LogP contribution in [0, 0.1) is 0 Å². The number of hydrogen-bond acceptors (Lipinski definition) is 4. The second-order valence-corrected chi connectivity index (χ2v) is 8.10. The number of hydrogen-bond donors (Lipinski definition) is 2. The van der Waals surface area contributed by atoms with Gasteiger partial charge in [0.1, 0.15) is 4.90 Å². The van der Waals surface area contributed by atoms with Crippen molar-refractivity contribution in [3.63, 3.8) is 0 Å². The van der Waals surface area contributed by atoms with Gasteiger partial charge in [0, 0.05) is 31.4 Å². The zero-order valence-electron chi connectivity index (χ0n) is 13.9. The fourth-order valence-electron chi connectivity index (χ4n) is 2.36. The highest BCUT2D eigenvalue weighted by atomic mass is 32.2. The molecule has 2 aromatic rings. The summed E-state index contributed by atoms with van der Waals surface area (Å²) in [7, 11) is -1.86. The van der Waals surface area contributed by atoms with Gasteiger partial charge in [0.2, 0.25) is 10.0 Å². The first-order valence-corrected chi connectivity index (χ1v) is 8.99. The molecular formula is C16H24N4O2S. The molecule has 0 aliphatic heterocycles. The molecule has 0 radical (unpaired) electrons. The third-order valence-corrected chi connectivity index (χ3v) is 4.96. The Hall–Kier alpha value is -1.70. The van der Waals surface area contributed by atoms with Gasteiger partial charge >= 0.3 is 0 Å². The monoisotopic (exact) mass is 336 g/mol. The van der Waals surface area contributed by atoms with Crippen molar-refractivity contribution in [2.45, 2.75) is 37.2 Å². The van der Waals surface area contributed by atoms with Gasteiger partial charge in [-0.3, -0.25) is 4.68 Å². The molecule has 7 heteroatoms. The number of benzene rings is 1. The molecule has 0 saturated heterocycles. The maximum Gasteiger partial charge on any atom is 0.243 e. The molecule has 0 aliphatic rings. The van der Waals surface area contributed by atoms with Gasteiger partial charge in [-0.2, -0.15) is 5.10 Å². The molecule has 0 aliphatic carbocycles. The maximum absolute atomic E-state index is 12.3. The molecule has 0 saturated carbocycles. The van der Waals surface area contributed by atoms with Crippen LogP contribution >= 0.6 is 0 Å². The van der Waals surface area contributed by atoms with Crippen molar-refractivity contribution in [3.8, 4) is 0 Å². The second-order valence-electron chi connectivity index (χ2n) is 6.33. The van der Waals surface area contributed by atoms with E-state index in [2.05, 4.69) is 22.1 Å². The minimum absolute atomic E-state index is 0.120. The molecule has 126 valence electrons. The summed E-state index contributed by atoms with van der Waals surface area (Å²) in [5, 5.41) is 7.35. The van der Waals surface area contributed by atoms with E-state index in [1.165, 1.54) is 17.1 Å². The summed E-state index contributed by atoms with van der Waals surface area (Å²) in [6.07, 6.45) is 2.82. The lowest BCUT2D eigenvalue weighted by atomic mass is 10.0. The minimum Gasteiger partial charge on any atom is -0.304 e. The van der Waals surface area contributed by atoms with E-state index in [9.17, 15) is 8.42 Å². The van der Waals surface area contributed by atoms with E-state index < -0.39 is 15.6 Å². The zero-order chi connectivity index (χ0) is 17.1. The van der Waals surface area contributed by atoms with Crippen molar-refractivity contribution in [1.82, 2.24) is 19.8 Å². The Bertz CT molecular complexity index is 738. The minimum atomic E-state index is -3.55. The SMILES string of the molecule is C[C@H](NC(C)(C)CNS(=O)(=O)c1cnn(C)c1)c1ccccc1. The summed E-state index contributed by atoms with van der Waals surface area (Å²) in [5.41, 5.74) is 0.764. The van der Waals surface area contributed by atoms with Crippen LogP contribution in [0.2, 0.25) is 0 Å². The van der Waals surface area contributed by atoms with Crippen LogP contribution in [0.5, 0.6) is 0 Å². The highest BCUT2D eigenvalue weighted by Crippen LogP contribution is 2.16. The maximum atomic E-state index is 12.3. The summed E-state index contributed by atoms with van der Waals surface area (Å²) in [4.78, 5) is 0.173. The van der Waals surface area contributed by atoms with Crippen molar-refractivity contribution >= 4 is 10.0 Å². The number of nitrogens with one attached hydrogen (secondary N) is 2. The fraction of sp³-hybridized carbons (Fsp3) is 0.438. The molecule has 0 amide bonds. The molecule has 1 aromatic heterocycles. The third-order valence-electron chi connectivity index (χ3n) is 3.60. The molecular weight excluding hydrogens is 312 g/mol. The average molecular weight is 336 g/mol. The van der Waals surface area contributed by atoms with Gasteiger partial charge in [0.25, 0.3) is 0 Å². The molecule has 0 spiro atoms. The van der Waals surface area contributed by atoms with Crippen LogP contribution in [0.15, 0.2) is 47.6 Å². The normalized spacial score (nSPS) is 13.9. The molecule has 1 atom stereocenters. The van der Waals surface area contributed by atoms with Crippen LogP contribution in [-0.2, 0) is 17.1 Å². The number of aryl methyl sites for hydroxylation is 1. The predicted molar refractivity (Wildman–Crippen MR) is 90.5 cm³/mol. The van der Waals surface area contributed by atoms with Gasteiger partial charge in [-0.25, -0.2) is 13.1 Å². The molecule has 2 N–H and O–H groups in total. The van der Waals surface area contributed by atoms with E-state index in [0.717, 1.165) is 5.56 Å². The molecule has 1 heterocycles. The van der Waals surface area contributed by atoms with Crippen molar-refractivity contribution in [1.29, 1.82) is 0 Å². The standard InChI is InChI=1S/C16H24N4O2S/c1-13(14-8-6-5-7-9-14)19-16(2,3)12-18-23(21,22)15-10-17-20(4)11-15/h5-11,13,18-19H,12H2,1-4H3/t13-/m0/s1. The smallest absolute Gasteiger partial charge is 0.243 e. The summed E-state index contributed by atoms with van der Waals surface area (Å²) < 4.78 is 28.6. The van der Waals surface area contributed by atoms with E-state index in [1.54, 1.807) is 7.05 Å². The Balaban J connectivity index is 1.98. The van der Waals surface area contributed by atoms with Crippen LogP contribution in [0.4, 0.5) is 0 Å². The fourth-order valence-corrected chi connectivity index (χ4v) is 3.55. The highest BCUT2D eigenvalue weighted by Gasteiger charge is 2.24. The Kier molecular flexibility index (Phi) is 5.23. The molecule has 0 unspecified atom stereocenters. The lowest BCUT2D eigenvalue weighted by Gasteiger charge is -2.30. The van der Waals surface area contributed by atoms with Crippen LogP contribution in [0.3, 0.4) is 0 Å². The zero-order valence-corrected chi connectivity index (χ0v) is 14.8. The van der Waals surface area contributed by atoms with E-state index in [1.807, 2.05) is 44.2 Å². The first-order chi connectivity index (χ1) is 10.7. The lowest BCUT2D eigenvalue weighted by Crippen LogP contribution is -2.49. The molecule has 6 nitrogen and oxygen atoms in total.